The monoisotopic (exact) mass is 464 g/mol. The minimum Gasteiger partial charge on any atom is -0.348 e. The summed E-state index contributed by atoms with van der Waals surface area (Å²) in [6, 6.07) is 0.967. The van der Waals surface area contributed by atoms with Crippen molar-refractivity contribution in [3.8, 4) is 0 Å². The van der Waals surface area contributed by atoms with Crippen LogP contribution in [0.25, 0.3) is 11.0 Å². The summed E-state index contributed by atoms with van der Waals surface area (Å²) in [5.41, 5.74) is 0.612. The second-order valence-corrected chi connectivity index (χ2v) is 9.78. The third-order valence-corrected chi connectivity index (χ3v) is 6.98. The number of fused-ring (bicyclic) bond motifs is 1. The van der Waals surface area contributed by atoms with Crippen LogP contribution in [0, 0.1) is 0 Å². The fraction of sp³-hybridized carbons (Fsp3) is 0.667. The molecule has 2 aliphatic heterocycles. The molecule has 30 heavy (non-hydrogen) atoms. The molecule has 4 atom stereocenters. The maximum Gasteiger partial charge on any atom is 0.224 e. The molecule has 0 unspecified atom stereocenters. The number of nitrogens with one attached hydrogen (secondary N) is 2. The Kier molecular flexibility index (Phi) is 7.16. The van der Waals surface area contributed by atoms with Gasteiger partial charge in [-0.05, 0) is 31.9 Å². The highest BCUT2D eigenvalue weighted by Gasteiger charge is 2.33. The van der Waals surface area contributed by atoms with E-state index in [-0.39, 0.29) is 37.5 Å². The molecule has 4 rings (SSSR count). The van der Waals surface area contributed by atoms with Crippen LogP contribution in [0.1, 0.15) is 25.3 Å². The van der Waals surface area contributed by atoms with Crippen LogP contribution in [-0.4, -0.2) is 78.1 Å². The van der Waals surface area contributed by atoms with Gasteiger partial charge in [0, 0.05) is 37.4 Å². The summed E-state index contributed by atoms with van der Waals surface area (Å²) in [4.78, 5) is 8.79. The molecule has 0 aliphatic carbocycles. The predicted molar refractivity (Wildman–Crippen MR) is 114 cm³/mol. The van der Waals surface area contributed by atoms with E-state index in [1.165, 1.54) is 0 Å². The molecular formula is C18H27ClF2N6O2S. The number of nitrogens with zero attached hydrogens (tertiary/aromatic N) is 4. The van der Waals surface area contributed by atoms with Crippen LogP contribution < -0.4 is 10.6 Å². The molecule has 0 amide bonds. The standard InChI is InChI=1S/C18H26F2N6O2S.ClH/c1-29(27,28)25-7-5-15(14(20)11-25)23-18-22-9-12-4-8-26(17(12)24-18)16-3-2-6-21-10-13(16)19;/h4,8-9,13-16,21H,2-3,5-7,10-11H2,1H3,(H,22,23,24);1H/t13-,14-,15-,16+;/m1./s1. The Labute approximate surface area is 180 Å². The first-order valence-electron chi connectivity index (χ1n) is 9.87. The minimum absolute atomic E-state index is 0. The molecule has 168 valence electrons. The molecule has 0 bridgehead atoms. The van der Waals surface area contributed by atoms with E-state index in [0.29, 0.717) is 25.0 Å². The van der Waals surface area contributed by atoms with Gasteiger partial charge >= 0.3 is 0 Å². The van der Waals surface area contributed by atoms with Gasteiger partial charge < -0.3 is 15.2 Å². The molecule has 12 heteroatoms. The van der Waals surface area contributed by atoms with Gasteiger partial charge in [0.05, 0.1) is 18.3 Å². The van der Waals surface area contributed by atoms with E-state index in [9.17, 15) is 17.2 Å². The zero-order valence-corrected chi connectivity index (χ0v) is 18.3. The van der Waals surface area contributed by atoms with Gasteiger partial charge in [-0.2, -0.15) is 9.29 Å². The summed E-state index contributed by atoms with van der Waals surface area (Å²) in [5.74, 6) is 0.264. The maximum atomic E-state index is 14.6. The first-order chi connectivity index (χ1) is 13.8. The Bertz CT molecular complexity index is 975. The fourth-order valence-corrected chi connectivity index (χ4v) is 4.94. The Morgan fingerprint density at radius 2 is 2.07 bits per heavy atom. The molecule has 2 N–H and O–H groups in total. The molecule has 2 saturated heterocycles. The van der Waals surface area contributed by atoms with Crippen LogP contribution in [-0.2, 0) is 10.0 Å². The number of aromatic nitrogens is 3. The lowest BCUT2D eigenvalue weighted by molar-refractivity contribution is 0.186. The number of alkyl halides is 2. The van der Waals surface area contributed by atoms with Crippen LogP contribution in [0.5, 0.6) is 0 Å². The molecule has 2 aromatic rings. The van der Waals surface area contributed by atoms with Crippen molar-refractivity contribution in [2.75, 3.05) is 37.8 Å². The third kappa shape index (κ3) is 4.84. The number of rotatable bonds is 4. The third-order valence-electron chi connectivity index (χ3n) is 5.71. The van der Waals surface area contributed by atoms with Gasteiger partial charge in [0.2, 0.25) is 16.0 Å². The van der Waals surface area contributed by atoms with Crippen LogP contribution in [0.3, 0.4) is 0 Å². The molecule has 0 aromatic carbocycles. The van der Waals surface area contributed by atoms with Gasteiger partial charge in [0.25, 0.3) is 0 Å². The molecule has 0 saturated carbocycles. The number of halogens is 3. The van der Waals surface area contributed by atoms with Gasteiger partial charge in [-0.15, -0.1) is 12.4 Å². The minimum atomic E-state index is -3.41. The average molecular weight is 465 g/mol. The molecule has 4 heterocycles. The van der Waals surface area contributed by atoms with E-state index in [1.54, 1.807) is 6.20 Å². The van der Waals surface area contributed by atoms with E-state index in [1.807, 2.05) is 16.8 Å². The van der Waals surface area contributed by atoms with E-state index in [2.05, 4.69) is 20.6 Å². The fourth-order valence-electron chi connectivity index (χ4n) is 4.09. The lowest BCUT2D eigenvalue weighted by Gasteiger charge is -2.33. The van der Waals surface area contributed by atoms with Crippen molar-refractivity contribution >= 4 is 39.4 Å². The smallest absolute Gasteiger partial charge is 0.224 e. The predicted octanol–water partition coefficient (Wildman–Crippen LogP) is 1.90. The van der Waals surface area contributed by atoms with E-state index >= 15 is 0 Å². The zero-order valence-electron chi connectivity index (χ0n) is 16.7. The molecule has 2 aliphatic rings. The van der Waals surface area contributed by atoms with Gasteiger partial charge in [-0.1, -0.05) is 0 Å². The number of piperidine rings is 1. The van der Waals surface area contributed by atoms with E-state index < -0.39 is 28.4 Å². The lowest BCUT2D eigenvalue weighted by atomic mass is 10.1. The number of hydrogen-bond donors (Lipinski definition) is 2. The number of sulfonamides is 1. The molecule has 0 spiro atoms. The van der Waals surface area contributed by atoms with Crippen molar-refractivity contribution < 1.29 is 17.2 Å². The summed E-state index contributed by atoms with van der Waals surface area (Å²) in [5, 5.41) is 6.89. The molecule has 8 nitrogen and oxygen atoms in total. The van der Waals surface area contributed by atoms with E-state index in [0.717, 1.165) is 28.9 Å². The van der Waals surface area contributed by atoms with Gasteiger partial charge in [-0.25, -0.2) is 22.2 Å². The van der Waals surface area contributed by atoms with Crippen molar-refractivity contribution in [3.05, 3.63) is 18.5 Å². The Hall–Kier alpha value is -1.56. The summed E-state index contributed by atoms with van der Waals surface area (Å²) >= 11 is 0. The topological polar surface area (TPSA) is 92.2 Å². The number of hydrogen-bond acceptors (Lipinski definition) is 6. The SMILES string of the molecule is CS(=O)(=O)N1CC[C@@H](Nc2ncc3ccn([C@H]4CCCNC[C@H]4F)c3n2)[C@H](F)C1.Cl. The van der Waals surface area contributed by atoms with E-state index in [4.69, 9.17) is 0 Å². The normalized spacial score (nSPS) is 28.6. The summed E-state index contributed by atoms with van der Waals surface area (Å²) in [6.45, 7) is 1.16. The number of anilines is 1. The summed E-state index contributed by atoms with van der Waals surface area (Å²) < 4.78 is 55.4. The summed E-state index contributed by atoms with van der Waals surface area (Å²) in [6.07, 6.45) is 4.07. The highest BCUT2D eigenvalue weighted by Crippen LogP contribution is 2.28. The highest BCUT2D eigenvalue weighted by atomic mass is 35.5. The Morgan fingerprint density at radius 3 is 2.80 bits per heavy atom. The molecule has 2 fully saturated rings. The van der Waals surface area contributed by atoms with Crippen molar-refractivity contribution in [1.29, 1.82) is 0 Å². The largest absolute Gasteiger partial charge is 0.348 e. The quantitative estimate of drug-likeness (QED) is 0.718. The van der Waals surface area contributed by atoms with Crippen molar-refractivity contribution in [3.63, 3.8) is 0 Å². The highest BCUT2D eigenvalue weighted by molar-refractivity contribution is 7.88. The first kappa shape index (κ1) is 23.1. The first-order valence-corrected chi connectivity index (χ1v) is 11.7. The van der Waals surface area contributed by atoms with Gasteiger partial charge in [-0.3, -0.25) is 0 Å². The Balaban J connectivity index is 0.00000256. The summed E-state index contributed by atoms with van der Waals surface area (Å²) in [7, 11) is -3.41. The average Bonchev–Trinajstić information content (AvgIpc) is 2.96. The second kappa shape index (κ2) is 9.29. The second-order valence-electron chi connectivity index (χ2n) is 7.80. The van der Waals surface area contributed by atoms with Crippen LogP contribution in [0.4, 0.5) is 14.7 Å². The zero-order chi connectivity index (χ0) is 20.6. The maximum absolute atomic E-state index is 14.6. The molecule has 0 radical (unpaired) electrons. The van der Waals surface area contributed by atoms with Crippen molar-refractivity contribution in [2.45, 2.75) is 43.7 Å². The lowest BCUT2D eigenvalue weighted by Crippen LogP contribution is -2.49. The van der Waals surface area contributed by atoms with Crippen molar-refractivity contribution in [1.82, 2.24) is 24.2 Å². The molecular weight excluding hydrogens is 438 g/mol. The Morgan fingerprint density at radius 1 is 1.27 bits per heavy atom. The van der Waals surface area contributed by atoms with Crippen LogP contribution >= 0.6 is 12.4 Å². The van der Waals surface area contributed by atoms with Crippen LogP contribution in [0.2, 0.25) is 0 Å². The molecule has 2 aromatic heterocycles. The van der Waals surface area contributed by atoms with Crippen LogP contribution in [0.15, 0.2) is 18.5 Å². The van der Waals surface area contributed by atoms with Gasteiger partial charge in [0.1, 0.15) is 18.0 Å². The van der Waals surface area contributed by atoms with Crippen molar-refractivity contribution in [2.24, 2.45) is 0 Å². The van der Waals surface area contributed by atoms with Gasteiger partial charge in [0.15, 0.2) is 0 Å².